The molecule has 10 heteroatoms. The van der Waals surface area contributed by atoms with Gasteiger partial charge in [-0.3, -0.25) is 9.59 Å². The van der Waals surface area contributed by atoms with Crippen molar-refractivity contribution < 1.29 is 23.5 Å². The van der Waals surface area contributed by atoms with Crippen LogP contribution in [0.2, 0.25) is 0 Å². The van der Waals surface area contributed by atoms with Crippen molar-refractivity contribution in [1.29, 1.82) is 0 Å². The van der Waals surface area contributed by atoms with Crippen LogP contribution in [0.3, 0.4) is 0 Å². The van der Waals surface area contributed by atoms with Gasteiger partial charge >= 0.3 is 0 Å². The molecule has 0 unspecified atom stereocenters. The third-order valence-corrected chi connectivity index (χ3v) is 7.33. The second kappa shape index (κ2) is 12.4. The summed E-state index contributed by atoms with van der Waals surface area (Å²) in [5.74, 6) is 0.592. The number of nitrogens with zero attached hydrogens (tertiary/aromatic N) is 4. The largest absolute Gasteiger partial charge is 0.495 e. The number of hydrogen-bond acceptors (Lipinski definition) is 7. The first-order valence-corrected chi connectivity index (χ1v) is 14.0. The van der Waals surface area contributed by atoms with Gasteiger partial charge in [0, 0.05) is 43.3 Å². The number of nitrogens with one attached hydrogen (secondary N) is 1. The van der Waals surface area contributed by atoms with Gasteiger partial charge in [-0.25, -0.2) is 8.91 Å². The molecule has 1 saturated heterocycles. The van der Waals surface area contributed by atoms with E-state index < -0.39 is 0 Å². The summed E-state index contributed by atoms with van der Waals surface area (Å²) in [5.41, 5.74) is 5.47. The first-order chi connectivity index (χ1) is 20.9. The first-order valence-electron chi connectivity index (χ1n) is 14.0. The van der Waals surface area contributed by atoms with Crippen LogP contribution >= 0.6 is 0 Å². The second-order valence-corrected chi connectivity index (χ2v) is 10.3. The summed E-state index contributed by atoms with van der Waals surface area (Å²) in [6, 6.07) is 23.0. The highest BCUT2D eigenvalue weighted by atomic mass is 19.1. The summed E-state index contributed by atoms with van der Waals surface area (Å²) in [7, 11) is 1.56. The van der Waals surface area contributed by atoms with Crippen LogP contribution in [0.15, 0.2) is 85.1 Å². The Morgan fingerprint density at radius 3 is 2.28 bits per heavy atom. The number of carbonyl (C=O) groups excluding carboxylic acids is 2. The van der Waals surface area contributed by atoms with Gasteiger partial charge in [0.25, 0.3) is 5.91 Å². The molecule has 3 aromatic carbocycles. The number of rotatable bonds is 9. The molecule has 1 aliphatic rings. The van der Waals surface area contributed by atoms with E-state index in [1.54, 1.807) is 46.9 Å². The van der Waals surface area contributed by atoms with Crippen molar-refractivity contribution in [2.24, 2.45) is 0 Å². The highest BCUT2D eigenvalue weighted by molar-refractivity contribution is 5.95. The number of amides is 1. The summed E-state index contributed by atoms with van der Waals surface area (Å²) in [6.07, 6.45) is 2.47. The number of aromatic nitrogens is 3. The molecule has 1 fully saturated rings. The van der Waals surface area contributed by atoms with Crippen LogP contribution in [-0.4, -0.2) is 64.6 Å². The molecule has 0 radical (unpaired) electrons. The third kappa shape index (κ3) is 6.54. The highest BCUT2D eigenvalue weighted by Crippen LogP contribution is 2.29. The standard InChI is InChI=1S/C33H30FN5O4/c1-42-30-20-25(32(41)38-14-16-43-17-15-38)8-12-29(30)35-33-36-31-13-9-26(21-39(31)37-33)24-6-2-22(3-7-24)18-28(40)19-23-4-10-27(34)11-5-23/h2-13,20-21H,14-19H2,1H3,(H,35,37). The lowest BCUT2D eigenvalue weighted by atomic mass is 10.0. The van der Waals surface area contributed by atoms with E-state index in [1.807, 2.05) is 42.6 Å². The van der Waals surface area contributed by atoms with Crippen LogP contribution < -0.4 is 10.1 Å². The van der Waals surface area contributed by atoms with E-state index in [0.717, 1.165) is 22.3 Å². The Morgan fingerprint density at radius 1 is 0.907 bits per heavy atom. The Morgan fingerprint density at radius 2 is 1.58 bits per heavy atom. The van der Waals surface area contributed by atoms with Crippen molar-refractivity contribution in [3.63, 3.8) is 0 Å². The van der Waals surface area contributed by atoms with Gasteiger partial charge < -0.3 is 19.7 Å². The Balaban J connectivity index is 1.13. The molecule has 5 aromatic rings. The zero-order chi connectivity index (χ0) is 29.8. The predicted octanol–water partition coefficient (Wildman–Crippen LogP) is 5.11. The maximum absolute atomic E-state index is 13.1. The first kappa shape index (κ1) is 28.0. The van der Waals surface area contributed by atoms with E-state index in [0.29, 0.717) is 61.3 Å². The number of benzene rings is 3. The number of fused-ring (bicyclic) bond motifs is 1. The Bertz CT molecular complexity index is 1760. The molecule has 0 spiro atoms. The molecule has 218 valence electrons. The van der Waals surface area contributed by atoms with Gasteiger partial charge in [0.1, 0.15) is 17.3 Å². The van der Waals surface area contributed by atoms with Gasteiger partial charge in [0.15, 0.2) is 5.65 Å². The molecule has 0 aliphatic carbocycles. The van der Waals surface area contributed by atoms with Crippen LogP contribution in [0.4, 0.5) is 16.0 Å². The maximum atomic E-state index is 13.1. The number of anilines is 2. The lowest BCUT2D eigenvalue weighted by molar-refractivity contribution is -0.117. The van der Waals surface area contributed by atoms with Gasteiger partial charge in [-0.2, -0.15) is 4.98 Å². The lowest BCUT2D eigenvalue weighted by Gasteiger charge is -2.27. The van der Waals surface area contributed by atoms with Crippen LogP contribution in [0, 0.1) is 5.82 Å². The summed E-state index contributed by atoms with van der Waals surface area (Å²) in [5, 5.41) is 7.78. The van der Waals surface area contributed by atoms with Crippen LogP contribution in [0.1, 0.15) is 21.5 Å². The number of methoxy groups -OCH3 is 1. The molecular weight excluding hydrogens is 549 g/mol. The van der Waals surface area contributed by atoms with Crippen molar-refractivity contribution in [2.45, 2.75) is 12.8 Å². The molecule has 3 heterocycles. The molecular formula is C33H30FN5O4. The zero-order valence-corrected chi connectivity index (χ0v) is 23.6. The lowest BCUT2D eigenvalue weighted by Crippen LogP contribution is -2.40. The molecule has 1 N–H and O–H groups in total. The fourth-order valence-electron chi connectivity index (χ4n) is 5.04. The Kier molecular flexibility index (Phi) is 8.10. The Hall–Kier alpha value is -5.09. The second-order valence-electron chi connectivity index (χ2n) is 10.3. The minimum Gasteiger partial charge on any atom is -0.495 e. The molecule has 9 nitrogen and oxygen atoms in total. The Labute approximate surface area is 247 Å². The minimum absolute atomic E-state index is 0.0591. The quantitative estimate of drug-likeness (QED) is 0.259. The number of pyridine rings is 1. The van der Waals surface area contributed by atoms with Gasteiger partial charge in [0.05, 0.1) is 26.0 Å². The molecule has 2 aromatic heterocycles. The predicted molar refractivity (Wildman–Crippen MR) is 160 cm³/mol. The summed E-state index contributed by atoms with van der Waals surface area (Å²) < 4.78 is 25.7. The van der Waals surface area contributed by atoms with E-state index in [1.165, 1.54) is 12.1 Å². The maximum Gasteiger partial charge on any atom is 0.254 e. The number of ketones is 1. The molecule has 0 atom stereocenters. The van der Waals surface area contributed by atoms with E-state index >= 15 is 0 Å². The highest BCUT2D eigenvalue weighted by Gasteiger charge is 2.20. The number of morpholine rings is 1. The summed E-state index contributed by atoms with van der Waals surface area (Å²) in [4.78, 5) is 31.7. The molecule has 0 bridgehead atoms. The van der Waals surface area contributed by atoms with Crippen molar-refractivity contribution in [3.05, 3.63) is 108 Å². The summed E-state index contributed by atoms with van der Waals surface area (Å²) >= 11 is 0. The van der Waals surface area contributed by atoms with Crippen molar-refractivity contribution in [3.8, 4) is 16.9 Å². The van der Waals surface area contributed by atoms with Crippen molar-refractivity contribution >= 4 is 29.0 Å². The molecule has 1 amide bonds. The molecule has 0 saturated carbocycles. The van der Waals surface area contributed by atoms with E-state index in [-0.39, 0.29) is 23.9 Å². The third-order valence-electron chi connectivity index (χ3n) is 7.33. The normalized spacial score (nSPS) is 13.2. The number of ether oxygens (including phenoxy) is 2. The summed E-state index contributed by atoms with van der Waals surface area (Å²) in [6.45, 7) is 2.21. The molecule has 43 heavy (non-hydrogen) atoms. The van der Waals surface area contributed by atoms with Crippen molar-refractivity contribution in [1.82, 2.24) is 19.5 Å². The number of halogens is 1. The van der Waals surface area contributed by atoms with E-state index in [2.05, 4.69) is 15.4 Å². The van der Waals surface area contributed by atoms with Crippen LogP contribution in [0.5, 0.6) is 5.75 Å². The molecule has 1 aliphatic heterocycles. The van der Waals surface area contributed by atoms with Gasteiger partial charge in [-0.15, -0.1) is 5.10 Å². The van der Waals surface area contributed by atoms with E-state index in [4.69, 9.17) is 9.47 Å². The number of carbonyl (C=O) groups is 2. The smallest absolute Gasteiger partial charge is 0.254 e. The van der Waals surface area contributed by atoms with Crippen LogP contribution in [0.25, 0.3) is 16.8 Å². The van der Waals surface area contributed by atoms with Gasteiger partial charge in [-0.05, 0) is 59.2 Å². The minimum atomic E-state index is -0.313. The fraction of sp³-hybridized carbons (Fsp3) is 0.212. The SMILES string of the molecule is COc1cc(C(=O)N2CCOCC2)ccc1Nc1nc2ccc(-c3ccc(CC(=O)Cc4ccc(F)cc4)cc3)cn2n1. The van der Waals surface area contributed by atoms with E-state index in [9.17, 15) is 14.0 Å². The van der Waals surface area contributed by atoms with Crippen LogP contribution in [-0.2, 0) is 22.4 Å². The average molecular weight is 580 g/mol. The molecule has 6 rings (SSSR count). The average Bonchev–Trinajstić information content (AvgIpc) is 3.44. The fourth-order valence-corrected chi connectivity index (χ4v) is 5.04. The van der Waals surface area contributed by atoms with Gasteiger partial charge in [0.2, 0.25) is 5.95 Å². The number of Topliss-reactive ketones (excluding diaryl/α,β-unsaturated/α-hetero) is 1. The zero-order valence-electron chi connectivity index (χ0n) is 23.6. The monoisotopic (exact) mass is 579 g/mol. The van der Waals surface area contributed by atoms with Gasteiger partial charge in [-0.1, -0.05) is 36.4 Å². The topological polar surface area (TPSA) is 98.1 Å². The number of hydrogen-bond donors (Lipinski definition) is 1. The van der Waals surface area contributed by atoms with Crippen molar-refractivity contribution in [2.75, 3.05) is 38.7 Å².